The van der Waals surface area contributed by atoms with Crippen LogP contribution in [0, 0.1) is 0 Å². The van der Waals surface area contributed by atoms with Gasteiger partial charge in [0.15, 0.2) is 5.65 Å². The average Bonchev–Trinajstić information content (AvgIpc) is 3.22. The van der Waals surface area contributed by atoms with Crippen molar-refractivity contribution >= 4 is 28.9 Å². The van der Waals surface area contributed by atoms with Crippen molar-refractivity contribution in [2.75, 3.05) is 31.9 Å². The van der Waals surface area contributed by atoms with Gasteiger partial charge in [0.2, 0.25) is 0 Å². The lowest BCUT2D eigenvalue weighted by Gasteiger charge is -2.35. The number of ether oxygens (including phenoxy) is 2. The third-order valence-electron chi connectivity index (χ3n) is 6.84. The number of anilines is 3. The molecule has 3 aromatic rings. The first-order valence-corrected chi connectivity index (χ1v) is 11.4. The quantitative estimate of drug-likeness (QED) is 0.459. The molecule has 0 aliphatic heterocycles. The van der Waals surface area contributed by atoms with Crippen molar-refractivity contribution in [2.24, 2.45) is 0 Å². The maximum absolute atomic E-state index is 13.1. The molecule has 0 aromatic carbocycles. The third-order valence-corrected chi connectivity index (χ3v) is 6.84. The molecule has 3 aromatic heterocycles. The minimum Gasteiger partial charge on any atom is -0.381 e. The van der Waals surface area contributed by atoms with Crippen LogP contribution in [0.15, 0.2) is 35.4 Å². The number of carbonyl (C=O) groups is 1. The van der Waals surface area contributed by atoms with E-state index >= 15 is 0 Å². The molecule has 0 bridgehead atoms. The van der Waals surface area contributed by atoms with E-state index in [9.17, 15) is 9.59 Å². The SMILES string of the molecule is CNc1cc(Nc2cccn(C3CC(OC)C3)c2=O)nc2c(C(=O)N[C@H]3CC[C@@H]3OC)cnn12. The number of nitrogens with one attached hydrogen (secondary N) is 3. The van der Waals surface area contributed by atoms with Crippen LogP contribution in [0.2, 0.25) is 0 Å². The Hall–Kier alpha value is -3.44. The van der Waals surface area contributed by atoms with Crippen molar-refractivity contribution in [1.29, 1.82) is 0 Å². The Labute approximate surface area is 196 Å². The molecule has 11 nitrogen and oxygen atoms in total. The summed E-state index contributed by atoms with van der Waals surface area (Å²) in [4.78, 5) is 30.7. The predicted molar refractivity (Wildman–Crippen MR) is 127 cm³/mol. The second-order valence-corrected chi connectivity index (χ2v) is 8.74. The van der Waals surface area contributed by atoms with Crippen molar-refractivity contribution in [3.05, 3.63) is 46.5 Å². The van der Waals surface area contributed by atoms with Crippen LogP contribution in [-0.2, 0) is 9.47 Å². The fraction of sp³-hybridized carbons (Fsp3) is 0.478. The highest BCUT2D eigenvalue weighted by Gasteiger charge is 2.33. The summed E-state index contributed by atoms with van der Waals surface area (Å²) in [5, 5.41) is 13.5. The average molecular weight is 468 g/mol. The molecule has 34 heavy (non-hydrogen) atoms. The monoisotopic (exact) mass is 467 g/mol. The second kappa shape index (κ2) is 9.07. The van der Waals surface area contributed by atoms with Crippen molar-refractivity contribution in [2.45, 2.75) is 50.0 Å². The number of rotatable bonds is 8. The molecular formula is C23H29N7O4. The number of fused-ring (bicyclic) bond motifs is 1. The van der Waals surface area contributed by atoms with Crippen molar-refractivity contribution in [1.82, 2.24) is 24.5 Å². The van der Waals surface area contributed by atoms with E-state index in [4.69, 9.17) is 9.47 Å². The summed E-state index contributed by atoms with van der Waals surface area (Å²) < 4.78 is 14.0. The van der Waals surface area contributed by atoms with Crippen LogP contribution in [0.5, 0.6) is 0 Å². The number of hydrogen-bond donors (Lipinski definition) is 3. The molecule has 5 rings (SSSR count). The Morgan fingerprint density at radius 1 is 1.21 bits per heavy atom. The number of pyridine rings is 1. The lowest BCUT2D eigenvalue weighted by Crippen LogP contribution is -2.51. The van der Waals surface area contributed by atoms with Crippen LogP contribution >= 0.6 is 0 Å². The molecule has 2 aliphatic rings. The molecule has 11 heteroatoms. The predicted octanol–water partition coefficient (Wildman–Crippen LogP) is 1.93. The first kappa shape index (κ1) is 22.4. The van der Waals surface area contributed by atoms with Gasteiger partial charge in [0, 0.05) is 39.6 Å². The summed E-state index contributed by atoms with van der Waals surface area (Å²) >= 11 is 0. The van der Waals surface area contributed by atoms with Crippen LogP contribution < -0.4 is 21.5 Å². The van der Waals surface area contributed by atoms with E-state index in [1.165, 1.54) is 6.20 Å². The minimum absolute atomic E-state index is 0.0236. The highest BCUT2D eigenvalue weighted by molar-refractivity contribution is 6.00. The summed E-state index contributed by atoms with van der Waals surface area (Å²) in [5.41, 5.74) is 1.02. The van der Waals surface area contributed by atoms with E-state index < -0.39 is 0 Å². The molecule has 2 fully saturated rings. The zero-order valence-corrected chi connectivity index (χ0v) is 19.4. The maximum atomic E-state index is 13.1. The molecule has 1 amide bonds. The van der Waals surface area contributed by atoms with Gasteiger partial charge in [-0.25, -0.2) is 4.98 Å². The van der Waals surface area contributed by atoms with E-state index in [1.54, 1.807) is 48.7 Å². The maximum Gasteiger partial charge on any atom is 0.274 e. The fourth-order valence-corrected chi connectivity index (χ4v) is 4.52. The Morgan fingerprint density at radius 2 is 2.03 bits per heavy atom. The van der Waals surface area contributed by atoms with Crippen LogP contribution in [0.25, 0.3) is 5.65 Å². The van der Waals surface area contributed by atoms with Gasteiger partial charge in [0.25, 0.3) is 11.5 Å². The molecule has 0 saturated heterocycles. The molecule has 3 heterocycles. The molecular weight excluding hydrogens is 438 g/mol. The molecule has 3 N–H and O–H groups in total. The molecule has 2 atom stereocenters. The van der Waals surface area contributed by atoms with Gasteiger partial charge in [-0.3, -0.25) is 9.59 Å². The number of methoxy groups -OCH3 is 2. The summed E-state index contributed by atoms with van der Waals surface area (Å²) in [6.45, 7) is 0. The summed E-state index contributed by atoms with van der Waals surface area (Å²) in [6, 6.07) is 5.40. The fourth-order valence-electron chi connectivity index (χ4n) is 4.52. The van der Waals surface area contributed by atoms with Gasteiger partial charge in [-0.05, 0) is 37.8 Å². The Kier molecular flexibility index (Phi) is 5.96. The second-order valence-electron chi connectivity index (χ2n) is 8.74. The first-order chi connectivity index (χ1) is 16.5. The lowest BCUT2D eigenvalue weighted by molar-refractivity contribution is 0.00522. The molecule has 0 unspecified atom stereocenters. The van der Waals surface area contributed by atoms with Gasteiger partial charge in [-0.1, -0.05) is 0 Å². The molecule has 0 spiro atoms. The van der Waals surface area contributed by atoms with Gasteiger partial charge in [0.05, 0.1) is 24.4 Å². The normalized spacial score (nSPS) is 23.7. The Balaban J connectivity index is 1.43. The first-order valence-electron chi connectivity index (χ1n) is 11.4. The zero-order chi connectivity index (χ0) is 23.8. The molecule has 2 saturated carbocycles. The number of hydrogen-bond acceptors (Lipinski definition) is 8. The van der Waals surface area contributed by atoms with Crippen LogP contribution in [0.3, 0.4) is 0 Å². The van der Waals surface area contributed by atoms with Gasteiger partial charge in [0.1, 0.15) is 22.9 Å². The topological polar surface area (TPSA) is 124 Å². The van der Waals surface area contributed by atoms with Crippen molar-refractivity contribution in [3.63, 3.8) is 0 Å². The van der Waals surface area contributed by atoms with Crippen molar-refractivity contribution in [3.8, 4) is 0 Å². The van der Waals surface area contributed by atoms with Crippen LogP contribution in [0.4, 0.5) is 17.3 Å². The van der Waals surface area contributed by atoms with E-state index in [0.29, 0.717) is 28.5 Å². The minimum atomic E-state index is -0.256. The smallest absolute Gasteiger partial charge is 0.274 e. The Bertz CT molecular complexity index is 1260. The number of amides is 1. The van der Waals surface area contributed by atoms with E-state index in [-0.39, 0.29) is 35.8 Å². The highest BCUT2D eigenvalue weighted by atomic mass is 16.5. The zero-order valence-electron chi connectivity index (χ0n) is 19.4. The summed E-state index contributed by atoms with van der Waals surface area (Å²) in [6.07, 6.45) is 6.94. The van der Waals surface area contributed by atoms with E-state index in [1.807, 2.05) is 6.07 Å². The van der Waals surface area contributed by atoms with E-state index in [0.717, 1.165) is 25.7 Å². The number of carbonyl (C=O) groups excluding carboxylic acids is 1. The Morgan fingerprint density at radius 3 is 2.71 bits per heavy atom. The van der Waals surface area contributed by atoms with Crippen molar-refractivity contribution < 1.29 is 14.3 Å². The van der Waals surface area contributed by atoms with Gasteiger partial charge >= 0.3 is 0 Å². The van der Waals surface area contributed by atoms with Gasteiger partial charge in [-0.15, -0.1) is 0 Å². The highest BCUT2D eigenvalue weighted by Crippen LogP contribution is 2.33. The van der Waals surface area contributed by atoms with Crippen LogP contribution in [-0.4, -0.2) is 64.6 Å². The molecule has 180 valence electrons. The van der Waals surface area contributed by atoms with Crippen LogP contribution in [0.1, 0.15) is 42.1 Å². The summed E-state index contributed by atoms with van der Waals surface area (Å²) in [7, 11) is 5.10. The lowest BCUT2D eigenvalue weighted by atomic mass is 9.89. The standard InChI is InChI=1S/C23H29N7O4/c1-24-20-11-19(26-17-5-4-8-29(23(17)32)13-9-14(10-13)33-2)28-21-15(12-25-30(20)21)22(31)27-16-6-7-18(16)34-3/h4-5,8,11-14,16,18,24H,6-7,9-10H2,1-3H3,(H,26,28)(H,27,31)/t13?,14?,16-,18-/m0/s1. The molecule has 2 aliphatic carbocycles. The van der Waals surface area contributed by atoms with Gasteiger partial charge in [-0.2, -0.15) is 9.61 Å². The van der Waals surface area contributed by atoms with Gasteiger partial charge < -0.3 is 30.0 Å². The summed E-state index contributed by atoms with van der Waals surface area (Å²) in [5.74, 6) is 0.805. The number of aromatic nitrogens is 4. The number of nitrogens with zero attached hydrogens (tertiary/aromatic N) is 4. The van der Waals surface area contributed by atoms with E-state index in [2.05, 4.69) is 26.0 Å². The largest absolute Gasteiger partial charge is 0.381 e. The molecule has 0 radical (unpaired) electrons. The third kappa shape index (κ3) is 3.90.